The van der Waals surface area contributed by atoms with Crippen LogP contribution in [-0.2, 0) is 0 Å². The highest BCUT2D eigenvalue weighted by molar-refractivity contribution is 7.99. The van der Waals surface area contributed by atoms with Gasteiger partial charge in [0.1, 0.15) is 5.69 Å². The number of rotatable bonds is 2. The van der Waals surface area contributed by atoms with Crippen molar-refractivity contribution >= 4 is 29.0 Å². The number of nitro benzene ring substituents is 1. The predicted molar refractivity (Wildman–Crippen MR) is 70.7 cm³/mol. The van der Waals surface area contributed by atoms with Crippen molar-refractivity contribution in [3.05, 3.63) is 33.9 Å². The first kappa shape index (κ1) is 12.7. The molecular weight excluding hydrogens is 254 g/mol. The van der Waals surface area contributed by atoms with Gasteiger partial charge in [-0.15, -0.1) is 0 Å². The molecule has 0 unspecified atom stereocenters. The van der Waals surface area contributed by atoms with Crippen LogP contribution < -0.4 is 5.73 Å². The summed E-state index contributed by atoms with van der Waals surface area (Å²) >= 11 is 1.79. The molecule has 1 amide bonds. The Morgan fingerprint density at radius 3 is 2.67 bits per heavy atom. The van der Waals surface area contributed by atoms with Crippen LogP contribution in [0.5, 0.6) is 0 Å². The molecule has 0 aromatic heterocycles. The summed E-state index contributed by atoms with van der Waals surface area (Å²) in [6, 6.07) is 4.32. The van der Waals surface area contributed by atoms with Crippen LogP contribution in [0.4, 0.5) is 11.4 Å². The number of para-hydroxylation sites is 1. The van der Waals surface area contributed by atoms with Crippen LogP contribution in [0.15, 0.2) is 18.2 Å². The van der Waals surface area contributed by atoms with Gasteiger partial charge in [0.2, 0.25) is 0 Å². The molecule has 0 bridgehead atoms. The molecule has 1 aromatic carbocycles. The van der Waals surface area contributed by atoms with Crippen LogP contribution >= 0.6 is 11.8 Å². The number of hydrogen-bond donors (Lipinski definition) is 1. The Hall–Kier alpha value is -1.76. The second kappa shape index (κ2) is 5.26. The lowest BCUT2D eigenvalue weighted by Gasteiger charge is -2.26. The van der Waals surface area contributed by atoms with Gasteiger partial charge in [-0.1, -0.05) is 6.07 Å². The zero-order chi connectivity index (χ0) is 13.1. The molecule has 0 atom stereocenters. The molecular formula is C11H13N3O3S. The molecule has 2 N–H and O–H groups in total. The van der Waals surface area contributed by atoms with E-state index in [1.54, 1.807) is 16.7 Å². The molecule has 1 fully saturated rings. The van der Waals surface area contributed by atoms with E-state index in [-0.39, 0.29) is 22.8 Å². The number of thioether (sulfide) groups is 1. The Labute approximate surface area is 108 Å². The molecule has 2 rings (SSSR count). The van der Waals surface area contributed by atoms with E-state index in [0.29, 0.717) is 13.1 Å². The Morgan fingerprint density at radius 2 is 2.06 bits per heavy atom. The van der Waals surface area contributed by atoms with Crippen molar-refractivity contribution in [2.45, 2.75) is 0 Å². The minimum absolute atomic E-state index is 0.0503. The molecule has 1 saturated heterocycles. The fourth-order valence-corrected chi connectivity index (χ4v) is 2.74. The largest absolute Gasteiger partial charge is 0.393 e. The second-order valence-corrected chi connectivity index (χ2v) is 5.12. The third-order valence-corrected chi connectivity index (χ3v) is 3.75. The lowest BCUT2D eigenvalue weighted by atomic mass is 10.1. The van der Waals surface area contributed by atoms with Gasteiger partial charge >= 0.3 is 0 Å². The molecule has 0 radical (unpaired) electrons. The van der Waals surface area contributed by atoms with Crippen LogP contribution in [0.25, 0.3) is 0 Å². The normalized spacial score (nSPS) is 15.4. The summed E-state index contributed by atoms with van der Waals surface area (Å²) in [6.45, 7) is 1.32. The van der Waals surface area contributed by atoms with Crippen molar-refractivity contribution in [3.63, 3.8) is 0 Å². The molecule has 6 nitrogen and oxygen atoms in total. The maximum atomic E-state index is 12.2. The van der Waals surface area contributed by atoms with E-state index in [2.05, 4.69) is 0 Å². The molecule has 1 aliphatic rings. The van der Waals surface area contributed by atoms with Crippen LogP contribution in [0.1, 0.15) is 10.4 Å². The van der Waals surface area contributed by atoms with Gasteiger partial charge in [0.05, 0.1) is 10.5 Å². The Morgan fingerprint density at radius 1 is 1.39 bits per heavy atom. The number of carbonyl (C=O) groups is 1. The highest BCUT2D eigenvalue weighted by atomic mass is 32.2. The monoisotopic (exact) mass is 267 g/mol. The fourth-order valence-electron chi connectivity index (χ4n) is 1.84. The Kier molecular flexibility index (Phi) is 3.71. The number of nitrogens with two attached hydrogens (primary N) is 1. The van der Waals surface area contributed by atoms with E-state index in [1.165, 1.54) is 18.2 Å². The Balaban J connectivity index is 2.30. The summed E-state index contributed by atoms with van der Waals surface area (Å²) in [5, 5.41) is 10.8. The highest BCUT2D eigenvalue weighted by Crippen LogP contribution is 2.26. The van der Waals surface area contributed by atoms with Crippen LogP contribution in [0.2, 0.25) is 0 Å². The maximum absolute atomic E-state index is 12.2. The van der Waals surface area contributed by atoms with Crippen molar-refractivity contribution in [1.82, 2.24) is 4.90 Å². The van der Waals surface area contributed by atoms with Gasteiger partial charge in [0.25, 0.3) is 11.6 Å². The first-order valence-electron chi connectivity index (χ1n) is 5.51. The van der Waals surface area contributed by atoms with Gasteiger partial charge in [0, 0.05) is 30.7 Å². The van der Waals surface area contributed by atoms with Crippen LogP contribution in [-0.4, -0.2) is 40.3 Å². The van der Waals surface area contributed by atoms with Gasteiger partial charge < -0.3 is 10.6 Å². The SMILES string of the molecule is Nc1c(C(=O)N2CCSCC2)cccc1[N+](=O)[O-]. The number of benzene rings is 1. The van der Waals surface area contributed by atoms with Gasteiger partial charge in [0.15, 0.2) is 0 Å². The molecule has 1 heterocycles. The standard InChI is InChI=1S/C11H13N3O3S/c12-10-8(2-1-3-9(10)14(16)17)11(15)13-4-6-18-7-5-13/h1-3H,4-7,12H2. The summed E-state index contributed by atoms with van der Waals surface area (Å²) < 4.78 is 0. The molecule has 0 saturated carbocycles. The summed E-state index contributed by atoms with van der Waals surface area (Å²) in [4.78, 5) is 24.1. The topological polar surface area (TPSA) is 89.5 Å². The average Bonchev–Trinajstić information content (AvgIpc) is 2.39. The third-order valence-electron chi connectivity index (χ3n) is 2.81. The fraction of sp³-hybridized carbons (Fsp3) is 0.364. The molecule has 1 aliphatic heterocycles. The number of hydrogen-bond acceptors (Lipinski definition) is 5. The van der Waals surface area contributed by atoms with E-state index >= 15 is 0 Å². The summed E-state index contributed by atoms with van der Waals surface area (Å²) in [5.74, 6) is 1.55. The lowest BCUT2D eigenvalue weighted by molar-refractivity contribution is -0.383. The maximum Gasteiger partial charge on any atom is 0.292 e. The molecule has 0 aliphatic carbocycles. The van der Waals surface area contributed by atoms with Crippen molar-refractivity contribution in [1.29, 1.82) is 0 Å². The quantitative estimate of drug-likeness (QED) is 0.496. The molecule has 96 valence electrons. The van der Waals surface area contributed by atoms with Crippen molar-refractivity contribution in [3.8, 4) is 0 Å². The zero-order valence-electron chi connectivity index (χ0n) is 9.67. The predicted octanol–water partition coefficient (Wildman–Crippen LogP) is 1.37. The zero-order valence-corrected chi connectivity index (χ0v) is 10.5. The van der Waals surface area contributed by atoms with Gasteiger partial charge in [-0.05, 0) is 6.07 Å². The van der Waals surface area contributed by atoms with Crippen LogP contribution in [0.3, 0.4) is 0 Å². The first-order chi connectivity index (χ1) is 8.61. The van der Waals surface area contributed by atoms with E-state index in [4.69, 9.17) is 5.73 Å². The van der Waals surface area contributed by atoms with E-state index < -0.39 is 4.92 Å². The van der Waals surface area contributed by atoms with Gasteiger partial charge in [-0.2, -0.15) is 11.8 Å². The summed E-state index contributed by atoms with van der Waals surface area (Å²) in [7, 11) is 0. The smallest absolute Gasteiger partial charge is 0.292 e. The van der Waals surface area contributed by atoms with Crippen molar-refractivity contribution in [2.24, 2.45) is 0 Å². The Bertz CT molecular complexity index is 486. The molecule has 1 aromatic rings. The number of amides is 1. The third kappa shape index (κ3) is 2.40. The van der Waals surface area contributed by atoms with Crippen LogP contribution in [0, 0.1) is 10.1 Å². The van der Waals surface area contributed by atoms with E-state index in [1.807, 2.05) is 0 Å². The van der Waals surface area contributed by atoms with Crippen molar-refractivity contribution < 1.29 is 9.72 Å². The molecule has 7 heteroatoms. The van der Waals surface area contributed by atoms with Gasteiger partial charge in [-0.25, -0.2) is 0 Å². The number of nitrogen functional groups attached to an aromatic ring is 1. The van der Waals surface area contributed by atoms with Gasteiger partial charge in [-0.3, -0.25) is 14.9 Å². The molecule has 0 spiro atoms. The summed E-state index contributed by atoms with van der Waals surface area (Å²) in [6.07, 6.45) is 0. The minimum atomic E-state index is -0.571. The van der Waals surface area contributed by atoms with Crippen molar-refractivity contribution in [2.75, 3.05) is 30.3 Å². The van der Waals surface area contributed by atoms with E-state index in [9.17, 15) is 14.9 Å². The van der Waals surface area contributed by atoms with E-state index in [0.717, 1.165) is 11.5 Å². The molecule has 18 heavy (non-hydrogen) atoms. The number of nitrogens with zero attached hydrogens (tertiary/aromatic N) is 2. The minimum Gasteiger partial charge on any atom is -0.393 e. The highest BCUT2D eigenvalue weighted by Gasteiger charge is 2.24. The second-order valence-electron chi connectivity index (χ2n) is 3.90. The summed E-state index contributed by atoms with van der Waals surface area (Å²) in [5.41, 5.74) is 5.65. The average molecular weight is 267 g/mol. The lowest BCUT2D eigenvalue weighted by Crippen LogP contribution is -2.38. The number of carbonyl (C=O) groups excluding carboxylic acids is 1. The first-order valence-corrected chi connectivity index (χ1v) is 6.66. The number of anilines is 1. The number of nitro groups is 1.